The van der Waals surface area contributed by atoms with Gasteiger partial charge in [0.1, 0.15) is 5.75 Å². The Kier molecular flexibility index (Phi) is 6.84. The molecule has 1 amide bonds. The number of hydrogen-bond donors (Lipinski definition) is 2. The van der Waals surface area contributed by atoms with Crippen LogP contribution in [0.5, 0.6) is 5.75 Å². The molecular weight excluding hydrogens is 496 g/mol. The minimum Gasteiger partial charge on any atom is -0.495 e. The van der Waals surface area contributed by atoms with Crippen LogP contribution in [0.1, 0.15) is 29.1 Å². The van der Waals surface area contributed by atoms with Gasteiger partial charge in [-0.2, -0.15) is 0 Å². The smallest absolute Gasteiger partial charge is 0.226 e. The number of hydrogen-bond acceptors (Lipinski definition) is 5. The van der Waals surface area contributed by atoms with E-state index in [-0.39, 0.29) is 24.4 Å². The summed E-state index contributed by atoms with van der Waals surface area (Å²) >= 11 is 10.9. The van der Waals surface area contributed by atoms with Gasteiger partial charge in [-0.15, -0.1) is 11.3 Å². The Balaban J connectivity index is 1.52. The van der Waals surface area contributed by atoms with Crippen LogP contribution >= 0.6 is 39.5 Å². The molecule has 0 bridgehead atoms. The van der Waals surface area contributed by atoms with Gasteiger partial charge in [0.2, 0.25) is 5.91 Å². The first-order valence-corrected chi connectivity index (χ1v) is 11.7. The maximum Gasteiger partial charge on any atom is 0.226 e. The number of thiophene rings is 1. The summed E-state index contributed by atoms with van der Waals surface area (Å²) in [5, 5.41) is 6.96. The second kappa shape index (κ2) is 9.76. The summed E-state index contributed by atoms with van der Waals surface area (Å²) in [5.74, 6) is 0.533. The van der Waals surface area contributed by atoms with E-state index < -0.39 is 0 Å². The number of halogens is 1. The number of thiocarbonyl (C=S) groups is 1. The monoisotopic (exact) mass is 516 g/mol. The van der Waals surface area contributed by atoms with Crippen molar-refractivity contribution in [2.45, 2.75) is 18.5 Å². The molecule has 3 aromatic rings. The van der Waals surface area contributed by atoms with Crippen LogP contribution in [0, 0.1) is 0 Å². The highest BCUT2D eigenvalue weighted by Crippen LogP contribution is 2.42. The molecule has 1 aliphatic heterocycles. The zero-order valence-corrected chi connectivity index (χ0v) is 20.0. The maximum absolute atomic E-state index is 12.7. The highest BCUT2D eigenvalue weighted by Gasteiger charge is 2.40. The largest absolute Gasteiger partial charge is 0.495 e. The van der Waals surface area contributed by atoms with Crippen LogP contribution in [0.15, 0.2) is 64.6 Å². The van der Waals surface area contributed by atoms with Gasteiger partial charge < -0.3 is 20.3 Å². The van der Waals surface area contributed by atoms with E-state index in [0.717, 1.165) is 14.4 Å². The highest BCUT2D eigenvalue weighted by atomic mass is 79.9. The number of benzene rings is 1. The first kappa shape index (κ1) is 21.7. The fraction of sp³-hybridized carbons (Fsp3) is 0.227. The van der Waals surface area contributed by atoms with Gasteiger partial charge in [0, 0.05) is 24.0 Å². The number of aromatic nitrogens is 1. The van der Waals surface area contributed by atoms with Crippen LogP contribution in [-0.4, -0.2) is 34.6 Å². The number of rotatable bonds is 7. The van der Waals surface area contributed by atoms with Crippen LogP contribution in [0.3, 0.4) is 0 Å². The summed E-state index contributed by atoms with van der Waals surface area (Å²) in [7, 11) is 1.58. The molecule has 6 nitrogen and oxygen atoms in total. The Labute approximate surface area is 198 Å². The van der Waals surface area contributed by atoms with Crippen molar-refractivity contribution < 1.29 is 9.53 Å². The van der Waals surface area contributed by atoms with Gasteiger partial charge in [-0.05, 0) is 64.5 Å². The van der Waals surface area contributed by atoms with Gasteiger partial charge in [0.05, 0.1) is 34.4 Å². The number of amides is 1. The van der Waals surface area contributed by atoms with E-state index in [9.17, 15) is 4.79 Å². The van der Waals surface area contributed by atoms with Crippen LogP contribution in [-0.2, 0) is 4.79 Å². The van der Waals surface area contributed by atoms with Gasteiger partial charge in [-0.3, -0.25) is 9.78 Å². The van der Waals surface area contributed by atoms with Gasteiger partial charge in [0.15, 0.2) is 5.11 Å². The molecule has 9 heteroatoms. The van der Waals surface area contributed by atoms with E-state index in [0.29, 0.717) is 23.1 Å². The molecule has 1 saturated heterocycles. The fourth-order valence-electron chi connectivity index (χ4n) is 3.63. The lowest BCUT2D eigenvalue weighted by Gasteiger charge is -2.26. The summed E-state index contributed by atoms with van der Waals surface area (Å²) in [5.41, 5.74) is 1.57. The van der Waals surface area contributed by atoms with Gasteiger partial charge in [-0.1, -0.05) is 18.2 Å². The van der Waals surface area contributed by atoms with Gasteiger partial charge in [-0.25, -0.2) is 0 Å². The number of nitrogens with one attached hydrogen (secondary N) is 2. The molecule has 160 valence electrons. The summed E-state index contributed by atoms with van der Waals surface area (Å²) in [6.07, 6.45) is 2.07. The molecule has 1 aromatic carbocycles. The Morgan fingerprint density at radius 1 is 1.26 bits per heavy atom. The average Bonchev–Trinajstić information content (AvgIpc) is 3.35. The number of methoxy groups -OCH3 is 1. The predicted octanol–water partition coefficient (Wildman–Crippen LogP) is 4.92. The number of anilines is 1. The molecule has 31 heavy (non-hydrogen) atoms. The van der Waals surface area contributed by atoms with Crippen LogP contribution in [0.4, 0.5) is 5.69 Å². The summed E-state index contributed by atoms with van der Waals surface area (Å²) in [4.78, 5) is 20.4. The molecule has 0 aliphatic carbocycles. The van der Waals surface area contributed by atoms with Crippen molar-refractivity contribution in [2.24, 2.45) is 0 Å². The van der Waals surface area contributed by atoms with Crippen molar-refractivity contribution in [3.05, 3.63) is 75.2 Å². The maximum atomic E-state index is 12.7. The van der Waals surface area contributed by atoms with Gasteiger partial charge in [0.25, 0.3) is 0 Å². The number of nitrogens with zero attached hydrogens (tertiary/aromatic N) is 2. The first-order chi connectivity index (χ1) is 15.1. The molecule has 2 atom stereocenters. The average molecular weight is 517 g/mol. The second-order valence-electron chi connectivity index (χ2n) is 6.96. The lowest BCUT2D eigenvalue weighted by molar-refractivity contribution is -0.116. The number of carbonyl (C=O) groups excluding carboxylic acids is 1. The predicted molar refractivity (Wildman–Crippen MR) is 130 cm³/mol. The lowest BCUT2D eigenvalue weighted by atomic mass is 10.0. The lowest BCUT2D eigenvalue weighted by Crippen LogP contribution is -2.32. The van der Waals surface area contributed by atoms with Crippen molar-refractivity contribution in [2.75, 3.05) is 19.0 Å². The Hall–Kier alpha value is -2.49. The minimum atomic E-state index is -0.0975. The standard InChI is InChI=1S/C22H21BrN4O2S2/c1-29-16-8-3-2-6-14(16)25-19(28)11-13-27-21(17-9-10-18(23)31-17)20(26-22(27)30)15-7-4-5-12-24-15/h2-10,12,20-21H,11,13H2,1H3,(H,25,28)(H,26,30). The Morgan fingerprint density at radius 3 is 2.77 bits per heavy atom. The Bertz CT molecular complexity index is 1080. The minimum absolute atomic E-state index is 0.0437. The van der Waals surface area contributed by atoms with Crippen LogP contribution < -0.4 is 15.4 Å². The number of pyridine rings is 1. The molecule has 4 rings (SSSR count). The van der Waals surface area contributed by atoms with E-state index >= 15 is 0 Å². The van der Waals surface area contributed by atoms with Crippen LogP contribution in [0.25, 0.3) is 0 Å². The summed E-state index contributed by atoms with van der Waals surface area (Å²) in [6, 6.07) is 17.2. The summed E-state index contributed by atoms with van der Waals surface area (Å²) < 4.78 is 6.37. The van der Waals surface area contributed by atoms with Crippen LogP contribution in [0.2, 0.25) is 0 Å². The molecule has 2 aromatic heterocycles. The topological polar surface area (TPSA) is 66.5 Å². The van der Waals surface area contributed by atoms with E-state index in [1.54, 1.807) is 24.6 Å². The van der Waals surface area contributed by atoms with Crippen molar-refractivity contribution in [3.8, 4) is 5.75 Å². The number of carbonyl (C=O) groups is 1. The van der Waals surface area contributed by atoms with Gasteiger partial charge >= 0.3 is 0 Å². The number of para-hydroxylation sites is 2. The van der Waals surface area contributed by atoms with E-state index in [1.165, 1.54) is 0 Å². The zero-order chi connectivity index (χ0) is 21.8. The van der Waals surface area contributed by atoms with Crippen molar-refractivity contribution >= 4 is 56.2 Å². The summed E-state index contributed by atoms with van der Waals surface area (Å²) in [6.45, 7) is 0.482. The molecule has 2 unspecified atom stereocenters. The molecule has 0 radical (unpaired) electrons. The normalized spacial score (nSPS) is 18.0. The van der Waals surface area contributed by atoms with E-state index in [1.807, 2.05) is 48.5 Å². The third-order valence-electron chi connectivity index (χ3n) is 5.04. The SMILES string of the molecule is COc1ccccc1NC(=O)CCN1C(=S)NC(c2ccccn2)C1c1ccc(Br)s1. The molecule has 1 fully saturated rings. The third kappa shape index (κ3) is 4.89. The van der Waals surface area contributed by atoms with Crippen molar-refractivity contribution in [3.63, 3.8) is 0 Å². The van der Waals surface area contributed by atoms with E-state index in [4.69, 9.17) is 17.0 Å². The quantitative estimate of drug-likeness (QED) is 0.434. The molecule has 3 heterocycles. The molecule has 2 N–H and O–H groups in total. The van der Waals surface area contributed by atoms with E-state index in [2.05, 4.69) is 42.5 Å². The number of ether oxygens (including phenoxy) is 1. The molecular formula is C22H21BrN4O2S2. The highest BCUT2D eigenvalue weighted by molar-refractivity contribution is 9.11. The second-order valence-corrected chi connectivity index (χ2v) is 9.84. The first-order valence-electron chi connectivity index (χ1n) is 9.73. The molecule has 0 spiro atoms. The van der Waals surface area contributed by atoms with Crippen molar-refractivity contribution in [1.29, 1.82) is 0 Å². The fourth-order valence-corrected chi connectivity index (χ4v) is 5.53. The third-order valence-corrected chi connectivity index (χ3v) is 7.09. The molecule has 1 aliphatic rings. The van der Waals surface area contributed by atoms with Crippen molar-refractivity contribution in [1.82, 2.24) is 15.2 Å². The molecule has 0 saturated carbocycles. The zero-order valence-electron chi connectivity index (χ0n) is 16.7. The Morgan fingerprint density at radius 2 is 2.06 bits per heavy atom.